The predicted molar refractivity (Wildman–Crippen MR) is 89.8 cm³/mol. The number of carbonyl (C=O) groups excluding carboxylic acids is 1. The van der Waals surface area contributed by atoms with Crippen molar-refractivity contribution in [3.05, 3.63) is 29.8 Å². The van der Waals surface area contributed by atoms with Gasteiger partial charge in [-0.3, -0.25) is 9.78 Å². The lowest BCUT2D eigenvalue weighted by molar-refractivity contribution is -0.116. The molecule has 0 radical (unpaired) electrons. The summed E-state index contributed by atoms with van der Waals surface area (Å²) in [7, 11) is 0. The molecule has 0 bridgehead atoms. The lowest BCUT2D eigenvalue weighted by Gasteiger charge is -2.20. The van der Waals surface area contributed by atoms with Crippen LogP contribution in [-0.4, -0.2) is 15.9 Å². The summed E-state index contributed by atoms with van der Waals surface area (Å²) in [6.07, 6.45) is 9.93. The molecular formula is C17H21N3OS. The van der Waals surface area contributed by atoms with Gasteiger partial charge in [0.25, 0.3) is 0 Å². The van der Waals surface area contributed by atoms with Gasteiger partial charge in [-0.05, 0) is 24.5 Å². The summed E-state index contributed by atoms with van der Waals surface area (Å²) in [5.74, 6) is 0.812. The van der Waals surface area contributed by atoms with Crippen LogP contribution in [0.1, 0.15) is 44.9 Å². The minimum atomic E-state index is 0.0764. The lowest BCUT2D eigenvalue weighted by Crippen LogP contribution is -2.14. The third-order valence-electron chi connectivity index (χ3n) is 4.18. The van der Waals surface area contributed by atoms with E-state index in [2.05, 4.69) is 15.3 Å². The third kappa shape index (κ3) is 4.13. The monoisotopic (exact) mass is 315 g/mol. The molecule has 1 aliphatic rings. The van der Waals surface area contributed by atoms with E-state index in [-0.39, 0.29) is 5.91 Å². The van der Waals surface area contributed by atoms with Crippen LogP contribution < -0.4 is 5.32 Å². The molecule has 22 heavy (non-hydrogen) atoms. The van der Waals surface area contributed by atoms with Crippen LogP contribution in [0, 0.1) is 5.92 Å². The summed E-state index contributed by atoms with van der Waals surface area (Å²) in [6, 6.07) is 5.73. The van der Waals surface area contributed by atoms with Crippen molar-refractivity contribution < 1.29 is 4.79 Å². The summed E-state index contributed by atoms with van der Waals surface area (Å²) in [6.45, 7) is 0. The molecule has 2 aromatic heterocycles. The molecule has 116 valence electrons. The van der Waals surface area contributed by atoms with Crippen molar-refractivity contribution in [3.63, 3.8) is 0 Å². The second-order valence-electron chi connectivity index (χ2n) is 5.84. The number of hydrogen-bond acceptors (Lipinski definition) is 4. The predicted octanol–water partition coefficient (Wildman–Crippen LogP) is 4.50. The maximum Gasteiger partial charge on any atom is 0.226 e. The van der Waals surface area contributed by atoms with Crippen molar-refractivity contribution in [2.24, 2.45) is 5.92 Å². The van der Waals surface area contributed by atoms with Gasteiger partial charge in [0.1, 0.15) is 5.69 Å². The highest BCUT2D eigenvalue weighted by molar-refractivity contribution is 7.14. The fraction of sp³-hybridized carbons (Fsp3) is 0.471. The molecule has 5 heteroatoms. The Labute approximate surface area is 135 Å². The summed E-state index contributed by atoms with van der Waals surface area (Å²) in [4.78, 5) is 20.8. The number of carbonyl (C=O) groups is 1. The van der Waals surface area contributed by atoms with Crippen LogP contribution >= 0.6 is 11.3 Å². The number of thiazole rings is 1. The Morgan fingerprint density at radius 3 is 2.86 bits per heavy atom. The average molecular weight is 315 g/mol. The number of nitrogens with one attached hydrogen (secondary N) is 1. The number of anilines is 1. The zero-order valence-corrected chi connectivity index (χ0v) is 13.4. The largest absolute Gasteiger partial charge is 0.302 e. The Morgan fingerprint density at radius 1 is 1.23 bits per heavy atom. The Hall–Kier alpha value is -1.75. The molecule has 0 aliphatic heterocycles. The van der Waals surface area contributed by atoms with Crippen molar-refractivity contribution in [1.29, 1.82) is 0 Å². The highest BCUT2D eigenvalue weighted by Gasteiger charge is 2.15. The summed E-state index contributed by atoms with van der Waals surface area (Å²) >= 11 is 1.45. The van der Waals surface area contributed by atoms with Gasteiger partial charge in [0.2, 0.25) is 5.91 Å². The first-order chi connectivity index (χ1) is 10.8. The normalized spacial score (nSPS) is 15.6. The van der Waals surface area contributed by atoms with Crippen LogP contribution in [0.2, 0.25) is 0 Å². The van der Waals surface area contributed by atoms with Gasteiger partial charge in [-0.2, -0.15) is 0 Å². The molecule has 0 unspecified atom stereocenters. The van der Waals surface area contributed by atoms with Gasteiger partial charge in [0.15, 0.2) is 5.13 Å². The molecule has 1 fully saturated rings. The van der Waals surface area contributed by atoms with E-state index in [4.69, 9.17) is 0 Å². The number of nitrogens with zero attached hydrogens (tertiary/aromatic N) is 2. The molecule has 0 atom stereocenters. The molecular weight excluding hydrogens is 294 g/mol. The quantitative estimate of drug-likeness (QED) is 0.883. The van der Waals surface area contributed by atoms with Gasteiger partial charge in [-0.1, -0.05) is 38.2 Å². The second-order valence-corrected chi connectivity index (χ2v) is 6.70. The molecule has 3 rings (SSSR count). The molecule has 1 saturated carbocycles. The van der Waals surface area contributed by atoms with Crippen LogP contribution in [-0.2, 0) is 4.79 Å². The van der Waals surface area contributed by atoms with Crippen molar-refractivity contribution >= 4 is 22.4 Å². The Morgan fingerprint density at radius 2 is 2.09 bits per heavy atom. The smallest absolute Gasteiger partial charge is 0.226 e. The van der Waals surface area contributed by atoms with Gasteiger partial charge in [0, 0.05) is 18.0 Å². The fourth-order valence-corrected chi connectivity index (χ4v) is 3.68. The van der Waals surface area contributed by atoms with Crippen molar-refractivity contribution in [2.45, 2.75) is 44.9 Å². The summed E-state index contributed by atoms with van der Waals surface area (Å²) < 4.78 is 0. The fourth-order valence-electron chi connectivity index (χ4n) is 2.96. The van der Waals surface area contributed by atoms with E-state index in [1.807, 2.05) is 23.6 Å². The number of pyridine rings is 1. The van der Waals surface area contributed by atoms with Crippen LogP contribution in [0.4, 0.5) is 5.13 Å². The SMILES string of the molecule is O=C(CCC1CCCCC1)Nc1nc(-c2ccccn2)cs1. The highest BCUT2D eigenvalue weighted by atomic mass is 32.1. The molecule has 0 spiro atoms. The lowest BCUT2D eigenvalue weighted by atomic mass is 9.86. The molecule has 1 N–H and O–H groups in total. The number of hydrogen-bond donors (Lipinski definition) is 1. The molecule has 2 aromatic rings. The highest BCUT2D eigenvalue weighted by Crippen LogP contribution is 2.28. The van der Waals surface area contributed by atoms with Gasteiger partial charge in [-0.25, -0.2) is 4.98 Å². The van der Waals surface area contributed by atoms with E-state index in [0.717, 1.165) is 23.7 Å². The molecule has 1 aliphatic carbocycles. The zero-order chi connectivity index (χ0) is 15.2. The van der Waals surface area contributed by atoms with Crippen molar-refractivity contribution in [1.82, 2.24) is 9.97 Å². The first-order valence-corrected chi connectivity index (χ1v) is 8.86. The molecule has 2 heterocycles. The van der Waals surface area contributed by atoms with Gasteiger partial charge in [0.05, 0.1) is 5.69 Å². The van der Waals surface area contributed by atoms with Crippen LogP contribution in [0.25, 0.3) is 11.4 Å². The van der Waals surface area contributed by atoms with Gasteiger partial charge >= 0.3 is 0 Å². The molecule has 1 amide bonds. The van der Waals surface area contributed by atoms with E-state index in [0.29, 0.717) is 11.6 Å². The van der Waals surface area contributed by atoms with Gasteiger partial charge in [-0.15, -0.1) is 11.3 Å². The molecule has 4 nitrogen and oxygen atoms in total. The first kappa shape index (κ1) is 15.2. The van der Waals surface area contributed by atoms with Gasteiger partial charge < -0.3 is 5.32 Å². The van der Waals surface area contributed by atoms with E-state index >= 15 is 0 Å². The van der Waals surface area contributed by atoms with E-state index in [9.17, 15) is 4.79 Å². The number of rotatable bonds is 5. The first-order valence-electron chi connectivity index (χ1n) is 7.98. The Balaban J connectivity index is 1.50. The number of aromatic nitrogens is 2. The van der Waals surface area contributed by atoms with Crippen LogP contribution in [0.15, 0.2) is 29.8 Å². The maximum absolute atomic E-state index is 12.0. The average Bonchev–Trinajstić information content (AvgIpc) is 3.03. The Bertz CT molecular complexity index is 605. The zero-order valence-electron chi connectivity index (χ0n) is 12.6. The number of amides is 1. The summed E-state index contributed by atoms with van der Waals surface area (Å²) in [5.41, 5.74) is 1.65. The van der Waals surface area contributed by atoms with Crippen molar-refractivity contribution in [3.8, 4) is 11.4 Å². The minimum Gasteiger partial charge on any atom is -0.302 e. The van der Waals surface area contributed by atoms with E-state index in [1.54, 1.807) is 6.20 Å². The van der Waals surface area contributed by atoms with E-state index < -0.39 is 0 Å². The van der Waals surface area contributed by atoms with E-state index in [1.165, 1.54) is 43.4 Å². The van der Waals surface area contributed by atoms with Crippen LogP contribution in [0.5, 0.6) is 0 Å². The minimum absolute atomic E-state index is 0.0764. The topological polar surface area (TPSA) is 54.9 Å². The third-order valence-corrected chi connectivity index (χ3v) is 4.94. The standard InChI is InChI=1S/C17H21N3OS/c21-16(10-9-13-6-2-1-3-7-13)20-17-19-15(12-22-17)14-8-4-5-11-18-14/h4-5,8,11-13H,1-3,6-7,9-10H2,(H,19,20,21). The Kier molecular flexibility index (Phi) is 5.16. The molecule has 0 aromatic carbocycles. The van der Waals surface area contributed by atoms with Crippen molar-refractivity contribution in [2.75, 3.05) is 5.32 Å². The summed E-state index contributed by atoms with van der Waals surface area (Å²) in [5, 5.41) is 5.50. The second kappa shape index (κ2) is 7.49. The molecule has 0 saturated heterocycles. The maximum atomic E-state index is 12.0. The van der Waals surface area contributed by atoms with Crippen LogP contribution in [0.3, 0.4) is 0 Å².